The van der Waals surface area contributed by atoms with E-state index in [2.05, 4.69) is 25.4 Å². The van der Waals surface area contributed by atoms with Crippen molar-refractivity contribution in [3.63, 3.8) is 0 Å². The molecule has 0 spiro atoms. The summed E-state index contributed by atoms with van der Waals surface area (Å²) in [5.41, 5.74) is 12.9. The zero-order chi connectivity index (χ0) is 14.7. The molecule has 0 atom stereocenters. The number of rotatable bonds is 4. The van der Waals surface area contributed by atoms with Crippen LogP contribution >= 0.6 is 11.8 Å². The average Bonchev–Trinajstić information content (AvgIpc) is 2.37. The van der Waals surface area contributed by atoms with Crippen LogP contribution in [0.5, 0.6) is 0 Å². The van der Waals surface area contributed by atoms with Gasteiger partial charge in [0, 0.05) is 6.07 Å². The number of anilines is 3. The van der Waals surface area contributed by atoms with Crippen molar-refractivity contribution in [2.45, 2.75) is 10.2 Å². The van der Waals surface area contributed by atoms with Crippen molar-refractivity contribution in [2.24, 2.45) is 5.84 Å². The minimum absolute atomic E-state index is 0.0166. The molecular weight excluding hydrogens is 286 g/mol. The fourth-order valence-corrected chi connectivity index (χ4v) is 2.06. The van der Waals surface area contributed by atoms with Crippen molar-refractivity contribution in [2.75, 3.05) is 16.9 Å². The quantitative estimate of drug-likeness (QED) is 0.192. The summed E-state index contributed by atoms with van der Waals surface area (Å²) in [6.07, 6.45) is 1.03. The van der Waals surface area contributed by atoms with E-state index < -0.39 is 4.92 Å². The topological polar surface area (TPSA) is 185 Å². The summed E-state index contributed by atoms with van der Waals surface area (Å²) < 4.78 is 0. The number of hydrazine groups is 1. The predicted octanol–water partition coefficient (Wildman–Crippen LogP) is -0.224. The highest BCUT2D eigenvalue weighted by molar-refractivity contribution is 7.99. The number of nitrogens with zero attached hydrogens (tertiary/aromatic N) is 5. The number of nitrogens with two attached hydrogens (primary N) is 3. The molecule has 2 aromatic heterocycles. The normalized spacial score (nSPS) is 10.2. The Morgan fingerprint density at radius 1 is 1.25 bits per heavy atom. The zero-order valence-corrected chi connectivity index (χ0v) is 10.7. The first kappa shape index (κ1) is 13.7. The summed E-state index contributed by atoms with van der Waals surface area (Å²) in [5, 5.41) is 11.1. The summed E-state index contributed by atoms with van der Waals surface area (Å²) in [7, 11) is 0. The molecule has 0 saturated carbocycles. The standard InChI is InChI=1S/C8H9N9O2S/c9-4-1-5(10)14-8(13-4)20-6-3(17(18)19)2-12-7(15-6)16-11/h1-2H,11H2,(H,12,15,16)(H4,9,10,13,14). The molecule has 2 rings (SSSR count). The van der Waals surface area contributed by atoms with Crippen molar-refractivity contribution in [1.29, 1.82) is 0 Å². The van der Waals surface area contributed by atoms with Gasteiger partial charge in [-0.05, 0) is 11.8 Å². The van der Waals surface area contributed by atoms with Crippen LogP contribution < -0.4 is 22.7 Å². The van der Waals surface area contributed by atoms with Crippen molar-refractivity contribution in [3.05, 3.63) is 22.4 Å². The Morgan fingerprint density at radius 3 is 2.45 bits per heavy atom. The summed E-state index contributed by atoms with van der Waals surface area (Å²) in [6.45, 7) is 0. The maximum atomic E-state index is 10.9. The molecular formula is C8H9N9O2S. The van der Waals surface area contributed by atoms with Crippen molar-refractivity contribution in [1.82, 2.24) is 19.9 Å². The van der Waals surface area contributed by atoms with E-state index in [4.69, 9.17) is 17.3 Å². The third kappa shape index (κ3) is 2.99. The molecule has 20 heavy (non-hydrogen) atoms. The molecule has 0 aliphatic heterocycles. The Labute approximate surface area is 116 Å². The van der Waals surface area contributed by atoms with E-state index in [0.717, 1.165) is 18.0 Å². The molecule has 0 saturated heterocycles. The molecule has 0 fully saturated rings. The fourth-order valence-electron chi connectivity index (χ4n) is 1.22. The molecule has 0 aromatic carbocycles. The Hall–Kier alpha value is -2.73. The number of hydrogen-bond donors (Lipinski definition) is 4. The van der Waals surface area contributed by atoms with Crippen LogP contribution in [0.15, 0.2) is 22.4 Å². The minimum atomic E-state index is -0.627. The van der Waals surface area contributed by atoms with Gasteiger partial charge in [-0.3, -0.25) is 15.5 Å². The number of hydrogen-bond acceptors (Lipinski definition) is 11. The number of nitro groups is 1. The van der Waals surface area contributed by atoms with Crippen LogP contribution in [0.4, 0.5) is 23.3 Å². The van der Waals surface area contributed by atoms with E-state index in [1.807, 2.05) is 0 Å². The Bertz CT molecular complexity index is 644. The first-order chi connectivity index (χ1) is 9.49. The number of nitrogen functional groups attached to an aromatic ring is 3. The van der Waals surface area contributed by atoms with Crippen molar-refractivity contribution < 1.29 is 4.92 Å². The molecule has 7 N–H and O–H groups in total. The zero-order valence-electron chi connectivity index (χ0n) is 9.85. The van der Waals surface area contributed by atoms with E-state index >= 15 is 0 Å². The second-order valence-corrected chi connectivity index (χ2v) is 4.34. The van der Waals surface area contributed by atoms with Gasteiger partial charge in [0.25, 0.3) is 0 Å². The first-order valence-corrected chi connectivity index (χ1v) is 5.87. The third-order valence-electron chi connectivity index (χ3n) is 1.99. The van der Waals surface area contributed by atoms with Gasteiger partial charge in [-0.25, -0.2) is 20.8 Å². The third-order valence-corrected chi connectivity index (χ3v) is 2.85. The van der Waals surface area contributed by atoms with Gasteiger partial charge >= 0.3 is 5.69 Å². The molecule has 0 bridgehead atoms. The van der Waals surface area contributed by atoms with Crippen LogP contribution in [0, 0.1) is 10.1 Å². The smallest absolute Gasteiger partial charge is 0.320 e. The molecule has 0 aliphatic carbocycles. The van der Waals surface area contributed by atoms with Gasteiger partial charge in [-0.15, -0.1) is 0 Å². The maximum absolute atomic E-state index is 10.9. The number of nitrogens with one attached hydrogen (secondary N) is 1. The summed E-state index contributed by atoms with van der Waals surface area (Å²) in [4.78, 5) is 25.6. The lowest BCUT2D eigenvalue weighted by atomic mass is 10.5. The highest BCUT2D eigenvalue weighted by Crippen LogP contribution is 2.31. The van der Waals surface area contributed by atoms with Gasteiger partial charge < -0.3 is 11.5 Å². The van der Waals surface area contributed by atoms with Gasteiger partial charge in [0.05, 0.1) is 4.92 Å². The van der Waals surface area contributed by atoms with E-state index in [-0.39, 0.29) is 33.5 Å². The summed E-state index contributed by atoms with van der Waals surface area (Å²) in [5.74, 6) is 5.48. The molecule has 12 heteroatoms. The van der Waals surface area contributed by atoms with Crippen molar-refractivity contribution >= 4 is 35.0 Å². The van der Waals surface area contributed by atoms with Gasteiger partial charge in [-0.2, -0.15) is 4.98 Å². The monoisotopic (exact) mass is 295 g/mol. The second-order valence-electron chi connectivity index (χ2n) is 3.39. The van der Waals surface area contributed by atoms with Crippen LogP contribution in [0.1, 0.15) is 0 Å². The van der Waals surface area contributed by atoms with Crippen LogP contribution in [0.2, 0.25) is 0 Å². The Kier molecular flexibility index (Phi) is 3.76. The largest absolute Gasteiger partial charge is 0.383 e. The van der Waals surface area contributed by atoms with Crippen LogP contribution in [-0.4, -0.2) is 24.9 Å². The molecule has 2 aromatic rings. The highest BCUT2D eigenvalue weighted by atomic mass is 32.2. The molecule has 0 radical (unpaired) electrons. The van der Waals surface area contributed by atoms with E-state index in [1.165, 1.54) is 6.07 Å². The van der Waals surface area contributed by atoms with E-state index in [9.17, 15) is 10.1 Å². The fraction of sp³-hybridized carbons (Fsp3) is 0. The molecule has 11 nitrogen and oxygen atoms in total. The van der Waals surface area contributed by atoms with Gasteiger partial charge in [0.15, 0.2) is 10.2 Å². The lowest BCUT2D eigenvalue weighted by Gasteiger charge is -2.04. The summed E-state index contributed by atoms with van der Waals surface area (Å²) in [6, 6.07) is 1.37. The van der Waals surface area contributed by atoms with E-state index in [0.29, 0.717) is 0 Å². The van der Waals surface area contributed by atoms with Gasteiger partial charge in [0.2, 0.25) is 5.95 Å². The predicted molar refractivity (Wildman–Crippen MR) is 71.5 cm³/mol. The molecule has 2 heterocycles. The van der Waals surface area contributed by atoms with Gasteiger partial charge in [0.1, 0.15) is 17.8 Å². The molecule has 0 amide bonds. The number of aromatic nitrogens is 4. The molecule has 0 aliphatic rings. The Balaban J connectivity index is 2.42. The van der Waals surface area contributed by atoms with Crippen molar-refractivity contribution in [3.8, 4) is 0 Å². The SMILES string of the molecule is NNc1ncc([N+](=O)[O-])c(Sc2nc(N)cc(N)n2)n1. The van der Waals surface area contributed by atoms with E-state index in [1.54, 1.807) is 0 Å². The highest BCUT2D eigenvalue weighted by Gasteiger charge is 2.19. The Morgan fingerprint density at radius 2 is 1.90 bits per heavy atom. The van der Waals surface area contributed by atoms with Gasteiger partial charge in [-0.1, -0.05) is 0 Å². The lowest BCUT2D eigenvalue weighted by Crippen LogP contribution is -2.11. The lowest BCUT2D eigenvalue weighted by molar-refractivity contribution is -0.388. The van der Waals surface area contributed by atoms with Crippen LogP contribution in [0.25, 0.3) is 0 Å². The first-order valence-electron chi connectivity index (χ1n) is 5.05. The second kappa shape index (κ2) is 5.50. The minimum Gasteiger partial charge on any atom is -0.383 e. The maximum Gasteiger partial charge on any atom is 0.320 e. The van der Waals surface area contributed by atoms with Crippen LogP contribution in [-0.2, 0) is 0 Å². The van der Waals surface area contributed by atoms with Crippen LogP contribution in [0.3, 0.4) is 0 Å². The summed E-state index contributed by atoms with van der Waals surface area (Å²) >= 11 is 0.830. The molecule has 104 valence electrons. The average molecular weight is 295 g/mol. The molecule has 0 unspecified atom stereocenters.